The molecule has 0 fully saturated rings. The molecule has 0 spiro atoms. The molecule has 1 amide bonds. The van der Waals surface area contributed by atoms with Crippen LogP contribution in [0.15, 0.2) is 60.7 Å². The summed E-state index contributed by atoms with van der Waals surface area (Å²) in [6, 6.07) is 17.3. The molecule has 0 saturated carbocycles. The zero-order chi connectivity index (χ0) is 16.2. The second kappa shape index (κ2) is 6.43. The van der Waals surface area contributed by atoms with Crippen molar-refractivity contribution in [1.82, 2.24) is 5.32 Å². The fourth-order valence-electron chi connectivity index (χ4n) is 2.25. The lowest BCUT2D eigenvalue weighted by atomic mass is 9.80. The molecule has 2 aromatic carbocycles. The van der Waals surface area contributed by atoms with Gasteiger partial charge in [0, 0.05) is 5.56 Å². The Hall–Kier alpha value is -2.62. The molecule has 4 heteroatoms. The van der Waals surface area contributed by atoms with Crippen LogP contribution in [-0.4, -0.2) is 17.0 Å². The lowest BCUT2D eigenvalue weighted by Gasteiger charge is -2.31. The van der Waals surface area contributed by atoms with Gasteiger partial charge in [-0.05, 0) is 31.5 Å². The van der Waals surface area contributed by atoms with E-state index in [0.717, 1.165) is 5.56 Å². The molecule has 114 valence electrons. The Morgan fingerprint density at radius 3 is 1.95 bits per heavy atom. The Morgan fingerprint density at radius 1 is 0.955 bits per heavy atom. The van der Waals surface area contributed by atoms with Crippen LogP contribution in [0, 0.1) is 5.41 Å². The number of carboxylic acid groups (broad SMARTS) is 1. The predicted octanol–water partition coefficient (Wildman–Crippen LogP) is 3.27. The van der Waals surface area contributed by atoms with Gasteiger partial charge in [-0.3, -0.25) is 9.59 Å². The Kier molecular flexibility index (Phi) is 4.61. The molecule has 0 aliphatic carbocycles. The molecule has 0 aliphatic heterocycles. The topological polar surface area (TPSA) is 66.4 Å². The van der Waals surface area contributed by atoms with Crippen molar-refractivity contribution < 1.29 is 14.7 Å². The van der Waals surface area contributed by atoms with Gasteiger partial charge in [0.05, 0.1) is 11.5 Å². The number of hydrogen-bond donors (Lipinski definition) is 2. The van der Waals surface area contributed by atoms with Crippen molar-refractivity contribution in [2.75, 3.05) is 0 Å². The van der Waals surface area contributed by atoms with E-state index in [0.29, 0.717) is 5.56 Å². The molecule has 22 heavy (non-hydrogen) atoms. The summed E-state index contributed by atoms with van der Waals surface area (Å²) in [5.74, 6) is -1.25. The van der Waals surface area contributed by atoms with Gasteiger partial charge < -0.3 is 10.4 Å². The third-order valence-corrected chi connectivity index (χ3v) is 3.72. The fraction of sp³-hybridized carbons (Fsp3) is 0.222. The average Bonchev–Trinajstić information content (AvgIpc) is 2.53. The molecular weight excluding hydrogens is 278 g/mol. The third kappa shape index (κ3) is 3.34. The monoisotopic (exact) mass is 297 g/mol. The maximum absolute atomic E-state index is 12.4. The third-order valence-electron chi connectivity index (χ3n) is 3.72. The minimum atomic E-state index is -1.13. The Labute approximate surface area is 129 Å². The first-order chi connectivity index (χ1) is 10.4. The summed E-state index contributed by atoms with van der Waals surface area (Å²) < 4.78 is 0. The molecule has 0 radical (unpaired) electrons. The maximum atomic E-state index is 12.4. The standard InChI is InChI=1S/C18H19NO3/c1-18(2,17(21)22)15(13-9-5-3-6-10-13)19-16(20)14-11-7-4-8-12-14/h3-12,15H,1-2H3,(H,19,20)(H,21,22). The van der Waals surface area contributed by atoms with E-state index in [4.69, 9.17) is 0 Å². The van der Waals surface area contributed by atoms with Gasteiger partial charge in [0.2, 0.25) is 0 Å². The summed E-state index contributed by atoms with van der Waals surface area (Å²) in [6.45, 7) is 3.22. The van der Waals surface area contributed by atoms with E-state index in [1.807, 2.05) is 36.4 Å². The minimum Gasteiger partial charge on any atom is -0.481 e. The predicted molar refractivity (Wildman–Crippen MR) is 84.5 cm³/mol. The summed E-state index contributed by atoms with van der Waals surface area (Å²) in [4.78, 5) is 24.0. The van der Waals surface area contributed by atoms with Crippen LogP contribution in [0.5, 0.6) is 0 Å². The number of carbonyl (C=O) groups excluding carboxylic acids is 1. The molecule has 0 saturated heterocycles. The number of carbonyl (C=O) groups is 2. The molecule has 2 rings (SSSR count). The first kappa shape index (κ1) is 15.8. The summed E-state index contributed by atoms with van der Waals surface area (Å²) in [6.07, 6.45) is 0. The van der Waals surface area contributed by atoms with Crippen LogP contribution in [0.25, 0.3) is 0 Å². The van der Waals surface area contributed by atoms with Crippen molar-refractivity contribution in [3.8, 4) is 0 Å². The molecule has 0 bridgehead atoms. The van der Waals surface area contributed by atoms with Crippen LogP contribution in [0.1, 0.15) is 35.8 Å². The smallest absolute Gasteiger partial charge is 0.311 e. The highest BCUT2D eigenvalue weighted by Gasteiger charge is 2.39. The number of nitrogens with one attached hydrogen (secondary N) is 1. The van der Waals surface area contributed by atoms with Gasteiger partial charge in [0.1, 0.15) is 0 Å². The van der Waals surface area contributed by atoms with Crippen LogP contribution >= 0.6 is 0 Å². The van der Waals surface area contributed by atoms with E-state index in [9.17, 15) is 14.7 Å². The summed E-state index contributed by atoms with van der Waals surface area (Å²) in [5.41, 5.74) is 0.134. The highest BCUT2D eigenvalue weighted by molar-refractivity contribution is 5.94. The first-order valence-electron chi connectivity index (χ1n) is 7.07. The highest BCUT2D eigenvalue weighted by Crippen LogP contribution is 2.33. The van der Waals surface area contributed by atoms with Crippen molar-refractivity contribution in [1.29, 1.82) is 0 Å². The van der Waals surface area contributed by atoms with Gasteiger partial charge in [-0.25, -0.2) is 0 Å². The second-order valence-corrected chi connectivity index (χ2v) is 5.71. The molecule has 4 nitrogen and oxygen atoms in total. The van der Waals surface area contributed by atoms with Gasteiger partial charge >= 0.3 is 5.97 Å². The summed E-state index contributed by atoms with van der Waals surface area (Å²) in [5, 5.41) is 12.4. The van der Waals surface area contributed by atoms with Crippen LogP contribution in [0.2, 0.25) is 0 Å². The molecule has 0 aromatic heterocycles. The lowest BCUT2D eigenvalue weighted by molar-refractivity contribution is -0.148. The van der Waals surface area contributed by atoms with Crippen LogP contribution in [0.3, 0.4) is 0 Å². The number of benzene rings is 2. The molecule has 0 heterocycles. The second-order valence-electron chi connectivity index (χ2n) is 5.71. The minimum absolute atomic E-state index is 0.288. The number of rotatable bonds is 5. The van der Waals surface area contributed by atoms with Gasteiger partial charge in [0.15, 0.2) is 0 Å². The molecule has 2 aromatic rings. The van der Waals surface area contributed by atoms with E-state index < -0.39 is 17.4 Å². The quantitative estimate of drug-likeness (QED) is 0.890. The van der Waals surface area contributed by atoms with E-state index in [1.54, 1.807) is 38.1 Å². The first-order valence-corrected chi connectivity index (χ1v) is 7.07. The molecule has 1 atom stereocenters. The van der Waals surface area contributed by atoms with Crippen molar-refractivity contribution in [2.45, 2.75) is 19.9 Å². The zero-order valence-electron chi connectivity index (χ0n) is 12.6. The fourth-order valence-corrected chi connectivity index (χ4v) is 2.25. The Morgan fingerprint density at radius 2 is 1.45 bits per heavy atom. The molecule has 2 N–H and O–H groups in total. The van der Waals surface area contributed by atoms with Gasteiger partial charge in [-0.15, -0.1) is 0 Å². The van der Waals surface area contributed by atoms with Gasteiger partial charge in [-0.2, -0.15) is 0 Å². The summed E-state index contributed by atoms with van der Waals surface area (Å²) >= 11 is 0. The van der Waals surface area contributed by atoms with E-state index in [2.05, 4.69) is 5.32 Å². The summed E-state index contributed by atoms with van der Waals surface area (Å²) in [7, 11) is 0. The normalized spacial score (nSPS) is 12.5. The van der Waals surface area contributed by atoms with Crippen molar-refractivity contribution in [2.24, 2.45) is 5.41 Å². The van der Waals surface area contributed by atoms with E-state index in [-0.39, 0.29) is 5.91 Å². The van der Waals surface area contributed by atoms with E-state index in [1.165, 1.54) is 0 Å². The SMILES string of the molecule is CC(C)(C(=O)O)C(NC(=O)c1ccccc1)c1ccccc1. The van der Waals surface area contributed by atoms with Crippen molar-refractivity contribution in [3.05, 3.63) is 71.8 Å². The molecule has 0 aliphatic rings. The van der Waals surface area contributed by atoms with Crippen LogP contribution < -0.4 is 5.32 Å². The number of hydrogen-bond acceptors (Lipinski definition) is 2. The highest BCUT2D eigenvalue weighted by atomic mass is 16.4. The average molecular weight is 297 g/mol. The maximum Gasteiger partial charge on any atom is 0.311 e. The number of amides is 1. The molecule has 1 unspecified atom stereocenters. The lowest BCUT2D eigenvalue weighted by Crippen LogP contribution is -2.42. The van der Waals surface area contributed by atoms with E-state index >= 15 is 0 Å². The van der Waals surface area contributed by atoms with Gasteiger partial charge in [-0.1, -0.05) is 48.5 Å². The Balaban J connectivity index is 2.34. The number of aliphatic carboxylic acids is 1. The van der Waals surface area contributed by atoms with Crippen LogP contribution in [0.4, 0.5) is 0 Å². The largest absolute Gasteiger partial charge is 0.481 e. The zero-order valence-corrected chi connectivity index (χ0v) is 12.6. The Bertz CT molecular complexity index is 651. The van der Waals surface area contributed by atoms with Crippen LogP contribution in [-0.2, 0) is 4.79 Å². The molecular formula is C18H19NO3. The van der Waals surface area contributed by atoms with Gasteiger partial charge in [0.25, 0.3) is 5.91 Å². The van der Waals surface area contributed by atoms with Crippen molar-refractivity contribution >= 4 is 11.9 Å². The number of carboxylic acids is 1. The van der Waals surface area contributed by atoms with Crippen molar-refractivity contribution in [3.63, 3.8) is 0 Å².